The summed E-state index contributed by atoms with van der Waals surface area (Å²) in [6, 6.07) is 2.89. The molecule has 1 heterocycles. The molecule has 0 unspecified atom stereocenters. The maximum atomic E-state index is 13.4. The van der Waals surface area contributed by atoms with Gasteiger partial charge < -0.3 is 10.1 Å². The van der Waals surface area contributed by atoms with Crippen molar-refractivity contribution >= 4 is 11.9 Å². The number of rotatable bonds is 4. The first-order chi connectivity index (χ1) is 10.1. The van der Waals surface area contributed by atoms with Gasteiger partial charge >= 0.3 is 5.97 Å². The lowest BCUT2D eigenvalue weighted by molar-refractivity contribution is -0.149. The molecule has 0 saturated heterocycles. The predicted molar refractivity (Wildman–Crippen MR) is 74.0 cm³/mol. The number of carbonyl (C=O) groups excluding carboxylic acids is 2. The third-order valence-corrected chi connectivity index (χ3v) is 3.69. The van der Waals surface area contributed by atoms with E-state index in [9.17, 15) is 14.0 Å². The highest BCUT2D eigenvalue weighted by Gasteiger charge is 2.28. The topological polar surface area (TPSA) is 68.3 Å². The number of hydrogen-bond acceptors (Lipinski definition) is 4. The van der Waals surface area contributed by atoms with E-state index in [4.69, 9.17) is 4.74 Å². The molecule has 0 radical (unpaired) electrons. The SMILES string of the molecule is CCOC(=O)C1CCC(NC(=O)c2cccnc2F)CC1. The van der Waals surface area contributed by atoms with Gasteiger partial charge in [-0.1, -0.05) is 0 Å². The molecule has 1 aromatic rings. The van der Waals surface area contributed by atoms with E-state index in [0.29, 0.717) is 32.3 Å². The Hall–Kier alpha value is -1.98. The molecule has 1 amide bonds. The molecule has 21 heavy (non-hydrogen) atoms. The van der Waals surface area contributed by atoms with Crippen molar-refractivity contribution in [2.75, 3.05) is 6.61 Å². The summed E-state index contributed by atoms with van der Waals surface area (Å²) in [4.78, 5) is 27.1. The number of halogens is 1. The van der Waals surface area contributed by atoms with Crippen LogP contribution < -0.4 is 5.32 Å². The molecule has 5 nitrogen and oxygen atoms in total. The van der Waals surface area contributed by atoms with Crippen molar-refractivity contribution in [2.24, 2.45) is 5.92 Å². The number of carbonyl (C=O) groups is 2. The zero-order valence-corrected chi connectivity index (χ0v) is 12.0. The number of hydrogen-bond donors (Lipinski definition) is 1. The summed E-state index contributed by atoms with van der Waals surface area (Å²) in [7, 11) is 0. The molecule has 1 fully saturated rings. The summed E-state index contributed by atoms with van der Waals surface area (Å²) in [5, 5.41) is 2.80. The first-order valence-electron chi connectivity index (χ1n) is 7.19. The standard InChI is InChI=1S/C15H19FN2O3/c1-2-21-15(20)10-5-7-11(8-6-10)18-14(19)12-4-3-9-17-13(12)16/h3-4,9-11H,2,5-8H2,1H3,(H,18,19). The Morgan fingerprint density at radius 2 is 2.10 bits per heavy atom. The highest BCUT2D eigenvalue weighted by molar-refractivity contribution is 5.94. The summed E-state index contributed by atoms with van der Waals surface area (Å²) in [5.41, 5.74) is -0.0509. The van der Waals surface area contributed by atoms with Crippen molar-refractivity contribution in [1.29, 1.82) is 0 Å². The molecule has 6 heteroatoms. The first-order valence-corrected chi connectivity index (χ1v) is 7.19. The fourth-order valence-corrected chi connectivity index (χ4v) is 2.55. The zero-order chi connectivity index (χ0) is 15.2. The molecule has 0 aromatic carbocycles. The maximum absolute atomic E-state index is 13.4. The number of aromatic nitrogens is 1. The quantitative estimate of drug-likeness (QED) is 0.682. The lowest BCUT2D eigenvalue weighted by atomic mass is 9.86. The van der Waals surface area contributed by atoms with Gasteiger partial charge in [0.1, 0.15) is 0 Å². The molecule has 0 atom stereocenters. The van der Waals surface area contributed by atoms with Gasteiger partial charge in [0.05, 0.1) is 18.1 Å². The zero-order valence-electron chi connectivity index (χ0n) is 12.0. The third kappa shape index (κ3) is 4.00. The van der Waals surface area contributed by atoms with Crippen molar-refractivity contribution < 1.29 is 18.7 Å². The van der Waals surface area contributed by atoms with Gasteiger partial charge in [-0.2, -0.15) is 4.39 Å². The highest BCUT2D eigenvalue weighted by Crippen LogP contribution is 2.25. The number of amides is 1. The molecule has 0 spiro atoms. The number of nitrogens with one attached hydrogen (secondary N) is 1. The van der Waals surface area contributed by atoms with Crippen LogP contribution in [0.4, 0.5) is 4.39 Å². The lowest BCUT2D eigenvalue weighted by Crippen LogP contribution is -2.39. The fraction of sp³-hybridized carbons (Fsp3) is 0.533. The molecule has 2 rings (SSSR count). The largest absolute Gasteiger partial charge is 0.466 e. The molecule has 1 N–H and O–H groups in total. The van der Waals surface area contributed by atoms with Crippen molar-refractivity contribution in [3.63, 3.8) is 0 Å². The third-order valence-electron chi connectivity index (χ3n) is 3.69. The fourth-order valence-electron chi connectivity index (χ4n) is 2.55. The molecular weight excluding hydrogens is 275 g/mol. The van der Waals surface area contributed by atoms with E-state index in [1.165, 1.54) is 18.3 Å². The molecule has 0 bridgehead atoms. The van der Waals surface area contributed by atoms with Crippen LogP contribution in [0.2, 0.25) is 0 Å². The van der Waals surface area contributed by atoms with Crippen LogP contribution in [-0.4, -0.2) is 29.5 Å². The van der Waals surface area contributed by atoms with Crippen LogP contribution in [-0.2, 0) is 9.53 Å². The summed E-state index contributed by atoms with van der Waals surface area (Å²) in [6.45, 7) is 2.17. The predicted octanol–water partition coefficient (Wildman–Crippen LogP) is 2.07. The molecule has 1 aliphatic carbocycles. The second kappa shape index (κ2) is 7.15. The van der Waals surface area contributed by atoms with Crippen LogP contribution in [0.15, 0.2) is 18.3 Å². The van der Waals surface area contributed by atoms with Crippen LogP contribution in [0, 0.1) is 11.9 Å². The first kappa shape index (κ1) is 15.4. The van der Waals surface area contributed by atoms with Crippen molar-refractivity contribution in [3.8, 4) is 0 Å². The average Bonchev–Trinajstić information content (AvgIpc) is 2.48. The monoisotopic (exact) mass is 294 g/mol. The van der Waals surface area contributed by atoms with Gasteiger partial charge in [0.25, 0.3) is 5.91 Å². The second-order valence-electron chi connectivity index (χ2n) is 5.12. The van der Waals surface area contributed by atoms with E-state index >= 15 is 0 Å². The Morgan fingerprint density at radius 3 is 2.71 bits per heavy atom. The molecule has 1 saturated carbocycles. The molecular formula is C15H19FN2O3. The van der Waals surface area contributed by atoms with Crippen LogP contribution in [0.5, 0.6) is 0 Å². The summed E-state index contributed by atoms with van der Waals surface area (Å²) in [5.74, 6) is -1.48. The van der Waals surface area contributed by atoms with Crippen molar-refractivity contribution in [2.45, 2.75) is 38.6 Å². The van der Waals surface area contributed by atoms with Gasteiger partial charge in [0, 0.05) is 12.2 Å². The minimum atomic E-state index is -0.768. The molecule has 114 valence electrons. The van der Waals surface area contributed by atoms with Gasteiger partial charge in [-0.3, -0.25) is 9.59 Å². The second-order valence-corrected chi connectivity index (χ2v) is 5.12. The smallest absolute Gasteiger partial charge is 0.308 e. The Labute approximate surface area is 122 Å². The summed E-state index contributed by atoms with van der Waals surface area (Å²) in [6.07, 6.45) is 4.05. The molecule has 1 aromatic heterocycles. The highest BCUT2D eigenvalue weighted by atomic mass is 19.1. The Bertz CT molecular complexity index is 513. The Kier molecular flexibility index (Phi) is 5.25. The number of ether oxygens (including phenoxy) is 1. The van der Waals surface area contributed by atoms with Crippen LogP contribution >= 0.6 is 0 Å². The van der Waals surface area contributed by atoms with Gasteiger partial charge in [0.15, 0.2) is 0 Å². The normalized spacial score (nSPS) is 21.6. The van der Waals surface area contributed by atoms with Gasteiger partial charge in [-0.15, -0.1) is 0 Å². The Balaban J connectivity index is 1.85. The van der Waals surface area contributed by atoms with Crippen LogP contribution in [0.25, 0.3) is 0 Å². The summed E-state index contributed by atoms with van der Waals surface area (Å²) < 4.78 is 18.4. The molecule has 0 aliphatic heterocycles. The van der Waals surface area contributed by atoms with Crippen LogP contribution in [0.3, 0.4) is 0 Å². The van der Waals surface area contributed by atoms with E-state index in [-0.39, 0.29) is 23.5 Å². The van der Waals surface area contributed by atoms with E-state index in [0.717, 1.165) is 0 Å². The van der Waals surface area contributed by atoms with Crippen LogP contribution in [0.1, 0.15) is 43.0 Å². The minimum Gasteiger partial charge on any atom is -0.466 e. The van der Waals surface area contributed by atoms with E-state index in [1.807, 2.05) is 0 Å². The average molecular weight is 294 g/mol. The van der Waals surface area contributed by atoms with Gasteiger partial charge in [0.2, 0.25) is 5.95 Å². The van der Waals surface area contributed by atoms with E-state index in [1.54, 1.807) is 6.92 Å². The summed E-state index contributed by atoms with van der Waals surface area (Å²) >= 11 is 0. The number of pyridine rings is 1. The van der Waals surface area contributed by atoms with E-state index in [2.05, 4.69) is 10.3 Å². The van der Waals surface area contributed by atoms with Crippen molar-refractivity contribution in [3.05, 3.63) is 29.8 Å². The Morgan fingerprint density at radius 1 is 1.38 bits per heavy atom. The van der Waals surface area contributed by atoms with Gasteiger partial charge in [-0.05, 0) is 44.7 Å². The lowest BCUT2D eigenvalue weighted by Gasteiger charge is -2.27. The maximum Gasteiger partial charge on any atom is 0.308 e. The van der Waals surface area contributed by atoms with Gasteiger partial charge in [-0.25, -0.2) is 4.98 Å². The minimum absolute atomic E-state index is 0.0391. The van der Waals surface area contributed by atoms with E-state index < -0.39 is 11.9 Å². The van der Waals surface area contributed by atoms with Crippen molar-refractivity contribution in [1.82, 2.24) is 10.3 Å². The number of nitrogens with zero attached hydrogens (tertiary/aromatic N) is 1. The number of esters is 1. The molecule has 1 aliphatic rings.